The monoisotopic (exact) mass is 468 g/mol. The van der Waals surface area contributed by atoms with Gasteiger partial charge in [0, 0.05) is 31.5 Å². The van der Waals surface area contributed by atoms with Crippen molar-refractivity contribution in [3.05, 3.63) is 53.6 Å². The molecule has 2 aromatic carbocycles. The van der Waals surface area contributed by atoms with E-state index in [4.69, 9.17) is 14.2 Å². The number of nitrogens with one attached hydrogen (secondary N) is 1. The number of amides is 1. The minimum absolute atomic E-state index is 0.0415. The summed E-state index contributed by atoms with van der Waals surface area (Å²) in [4.78, 5) is 27.3. The van der Waals surface area contributed by atoms with Crippen LogP contribution in [0.25, 0.3) is 0 Å². The number of carboxylic acid groups (broad SMARTS) is 1. The summed E-state index contributed by atoms with van der Waals surface area (Å²) in [7, 11) is 1.60. The maximum atomic E-state index is 12.6. The standard InChI is InChI=1S/C26H32N2O6/c1-3-4-11-27-24(29)15-28-13-20(17-5-8-19(32-2)9-6-17)25(26(30)31)21(14-28)18-7-10-22-23(12-18)34-16-33-22/h5-10,12,20-21,25H,3-4,11,13-16H2,1-2H3,(H,27,29)(H,30,31)/t20-,21-,25-/m1/s1. The van der Waals surface area contributed by atoms with Crippen molar-refractivity contribution in [2.45, 2.75) is 31.6 Å². The van der Waals surface area contributed by atoms with Gasteiger partial charge in [0.1, 0.15) is 5.75 Å². The van der Waals surface area contributed by atoms with Crippen LogP contribution in [0.5, 0.6) is 17.2 Å². The first-order valence-electron chi connectivity index (χ1n) is 11.8. The van der Waals surface area contributed by atoms with E-state index in [1.165, 1.54) is 0 Å². The second kappa shape index (κ2) is 10.8. The largest absolute Gasteiger partial charge is 0.497 e. The Labute approximate surface area is 199 Å². The van der Waals surface area contributed by atoms with Crippen LogP contribution < -0.4 is 19.5 Å². The third-order valence-electron chi connectivity index (χ3n) is 6.65. The zero-order valence-electron chi connectivity index (χ0n) is 19.7. The van der Waals surface area contributed by atoms with Gasteiger partial charge in [-0.2, -0.15) is 0 Å². The molecule has 0 radical (unpaired) electrons. The molecule has 1 amide bonds. The summed E-state index contributed by atoms with van der Waals surface area (Å²) < 4.78 is 16.3. The molecule has 2 N–H and O–H groups in total. The van der Waals surface area contributed by atoms with Gasteiger partial charge >= 0.3 is 5.97 Å². The number of likely N-dealkylation sites (tertiary alicyclic amines) is 1. The molecule has 4 rings (SSSR count). The van der Waals surface area contributed by atoms with E-state index in [1.54, 1.807) is 7.11 Å². The van der Waals surface area contributed by atoms with Gasteiger partial charge in [0.15, 0.2) is 11.5 Å². The van der Waals surface area contributed by atoms with Gasteiger partial charge in [-0.15, -0.1) is 0 Å². The fourth-order valence-electron chi connectivity index (χ4n) is 4.90. The average Bonchev–Trinajstić information content (AvgIpc) is 3.31. The van der Waals surface area contributed by atoms with Crippen LogP contribution in [0.4, 0.5) is 0 Å². The normalized spacial score (nSPS) is 21.8. The highest BCUT2D eigenvalue weighted by Gasteiger charge is 2.43. The van der Waals surface area contributed by atoms with Crippen molar-refractivity contribution in [1.82, 2.24) is 10.2 Å². The molecule has 1 saturated heterocycles. The van der Waals surface area contributed by atoms with E-state index < -0.39 is 11.9 Å². The van der Waals surface area contributed by atoms with E-state index in [0.717, 1.165) is 24.0 Å². The number of carbonyl (C=O) groups is 2. The summed E-state index contributed by atoms with van der Waals surface area (Å²) in [6.45, 7) is 4.05. The summed E-state index contributed by atoms with van der Waals surface area (Å²) in [6, 6.07) is 13.1. The van der Waals surface area contributed by atoms with Gasteiger partial charge in [0.05, 0.1) is 19.6 Å². The SMILES string of the molecule is CCCCNC(=O)CN1C[C@H](c2ccc(OC)cc2)[C@@H](C(=O)O)[C@@H](c2ccc3c(c2)OCO3)C1. The van der Waals surface area contributed by atoms with Gasteiger partial charge in [0.25, 0.3) is 0 Å². The van der Waals surface area contributed by atoms with E-state index in [1.807, 2.05) is 42.5 Å². The smallest absolute Gasteiger partial charge is 0.307 e. The number of piperidine rings is 1. The summed E-state index contributed by atoms with van der Waals surface area (Å²) in [5.41, 5.74) is 1.78. The van der Waals surface area contributed by atoms with Gasteiger partial charge in [0.2, 0.25) is 12.7 Å². The fourth-order valence-corrected chi connectivity index (χ4v) is 4.90. The number of rotatable bonds is 9. The molecular weight excluding hydrogens is 436 g/mol. The molecule has 8 heteroatoms. The zero-order valence-corrected chi connectivity index (χ0v) is 19.7. The fraction of sp³-hybridized carbons (Fsp3) is 0.462. The molecule has 2 aromatic rings. The molecule has 0 spiro atoms. The van der Waals surface area contributed by atoms with Crippen LogP contribution in [0.2, 0.25) is 0 Å². The van der Waals surface area contributed by atoms with Crippen molar-refractivity contribution in [3.8, 4) is 17.2 Å². The number of hydrogen-bond acceptors (Lipinski definition) is 6. The Hall–Kier alpha value is -3.26. The molecule has 182 valence electrons. The van der Waals surface area contributed by atoms with E-state index in [2.05, 4.69) is 17.1 Å². The van der Waals surface area contributed by atoms with Crippen LogP contribution in [-0.2, 0) is 9.59 Å². The highest BCUT2D eigenvalue weighted by molar-refractivity contribution is 5.78. The third kappa shape index (κ3) is 5.28. The Morgan fingerprint density at radius 3 is 2.41 bits per heavy atom. The molecule has 0 bridgehead atoms. The second-order valence-corrected chi connectivity index (χ2v) is 8.86. The first-order valence-corrected chi connectivity index (χ1v) is 11.8. The molecule has 3 atom stereocenters. The molecule has 0 aromatic heterocycles. The number of methoxy groups -OCH3 is 1. The lowest BCUT2D eigenvalue weighted by molar-refractivity contribution is -0.145. The predicted octanol–water partition coefficient (Wildman–Crippen LogP) is 3.22. The Bertz CT molecular complexity index is 1010. The van der Waals surface area contributed by atoms with Crippen molar-refractivity contribution >= 4 is 11.9 Å². The molecular formula is C26H32N2O6. The number of carboxylic acids is 1. The molecule has 0 unspecified atom stereocenters. The first kappa shape index (κ1) is 23.9. The van der Waals surface area contributed by atoms with E-state index in [-0.39, 0.29) is 31.1 Å². The van der Waals surface area contributed by atoms with Crippen LogP contribution in [-0.4, -0.2) is 62.0 Å². The van der Waals surface area contributed by atoms with Crippen LogP contribution in [0, 0.1) is 5.92 Å². The number of hydrogen-bond donors (Lipinski definition) is 2. The summed E-state index contributed by atoms with van der Waals surface area (Å²) in [5, 5.41) is 13.3. The van der Waals surface area contributed by atoms with Gasteiger partial charge in [-0.1, -0.05) is 31.5 Å². The number of fused-ring (bicyclic) bond motifs is 1. The minimum Gasteiger partial charge on any atom is -0.497 e. The Kier molecular flexibility index (Phi) is 7.57. The molecule has 2 aliphatic heterocycles. The number of nitrogens with zero attached hydrogens (tertiary/aromatic N) is 1. The Morgan fingerprint density at radius 2 is 1.74 bits per heavy atom. The van der Waals surface area contributed by atoms with Crippen LogP contribution in [0.15, 0.2) is 42.5 Å². The highest BCUT2D eigenvalue weighted by atomic mass is 16.7. The molecule has 0 saturated carbocycles. The number of ether oxygens (including phenoxy) is 3. The van der Waals surface area contributed by atoms with Gasteiger partial charge in [-0.25, -0.2) is 0 Å². The van der Waals surface area contributed by atoms with Crippen molar-refractivity contribution in [3.63, 3.8) is 0 Å². The maximum Gasteiger partial charge on any atom is 0.307 e. The Balaban J connectivity index is 1.65. The quantitative estimate of drug-likeness (QED) is 0.546. The van der Waals surface area contributed by atoms with Crippen molar-refractivity contribution in [2.75, 3.05) is 40.1 Å². The third-order valence-corrected chi connectivity index (χ3v) is 6.65. The topological polar surface area (TPSA) is 97.3 Å². The number of carbonyl (C=O) groups excluding carboxylic acids is 1. The number of unbranched alkanes of at least 4 members (excludes halogenated alkanes) is 1. The van der Waals surface area contributed by atoms with Crippen LogP contribution in [0.3, 0.4) is 0 Å². The predicted molar refractivity (Wildman–Crippen MR) is 127 cm³/mol. The minimum atomic E-state index is -0.851. The highest BCUT2D eigenvalue weighted by Crippen LogP contribution is 2.44. The molecule has 2 heterocycles. The van der Waals surface area contributed by atoms with Gasteiger partial charge in [-0.3, -0.25) is 14.5 Å². The molecule has 2 aliphatic rings. The van der Waals surface area contributed by atoms with Crippen molar-refractivity contribution in [2.24, 2.45) is 5.92 Å². The first-order chi connectivity index (χ1) is 16.5. The van der Waals surface area contributed by atoms with Crippen molar-refractivity contribution < 1.29 is 28.9 Å². The van der Waals surface area contributed by atoms with E-state index >= 15 is 0 Å². The summed E-state index contributed by atoms with van der Waals surface area (Å²) in [6.07, 6.45) is 1.94. The summed E-state index contributed by atoms with van der Waals surface area (Å²) in [5.74, 6) is -0.176. The lowest BCUT2D eigenvalue weighted by atomic mass is 9.71. The molecule has 34 heavy (non-hydrogen) atoms. The number of aliphatic carboxylic acids is 1. The van der Waals surface area contributed by atoms with Gasteiger partial charge in [-0.05, 0) is 41.8 Å². The molecule has 0 aliphatic carbocycles. The van der Waals surface area contributed by atoms with Crippen LogP contribution >= 0.6 is 0 Å². The second-order valence-electron chi connectivity index (χ2n) is 8.86. The van der Waals surface area contributed by atoms with E-state index in [0.29, 0.717) is 36.9 Å². The van der Waals surface area contributed by atoms with E-state index in [9.17, 15) is 14.7 Å². The van der Waals surface area contributed by atoms with Crippen molar-refractivity contribution in [1.29, 1.82) is 0 Å². The Morgan fingerprint density at radius 1 is 1.06 bits per heavy atom. The summed E-state index contributed by atoms with van der Waals surface area (Å²) >= 11 is 0. The zero-order chi connectivity index (χ0) is 24.1. The average molecular weight is 469 g/mol. The maximum absolute atomic E-state index is 12.6. The van der Waals surface area contributed by atoms with Crippen LogP contribution in [0.1, 0.15) is 42.7 Å². The van der Waals surface area contributed by atoms with Gasteiger partial charge < -0.3 is 24.6 Å². The molecule has 8 nitrogen and oxygen atoms in total. The molecule has 1 fully saturated rings. The lowest BCUT2D eigenvalue weighted by Gasteiger charge is -2.42. The number of benzene rings is 2. The lowest BCUT2D eigenvalue weighted by Crippen LogP contribution is -2.49.